The van der Waals surface area contributed by atoms with Crippen LogP contribution in [0.5, 0.6) is 0 Å². The maximum Gasteiger partial charge on any atom is 0.255 e. The van der Waals surface area contributed by atoms with Crippen LogP contribution in [0, 0.1) is 0 Å². The molecule has 0 spiro atoms. The number of carbonyl (C=O) groups excluding carboxylic acids is 1. The Morgan fingerprint density at radius 1 is 0.643 bits per heavy atom. The summed E-state index contributed by atoms with van der Waals surface area (Å²) < 4.78 is 0. The second-order valence-electron chi connectivity index (χ2n) is 7.10. The number of hydrogen-bond donors (Lipinski definition) is 1. The van der Waals surface area contributed by atoms with Crippen molar-refractivity contribution >= 4 is 11.6 Å². The average molecular weight is 361 g/mol. The van der Waals surface area contributed by atoms with Crippen LogP contribution in [0.25, 0.3) is 22.3 Å². The number of amides is 1. The van der Waals surface area contributed by atoms with Crippen LogP contribution in [0.15, 0.2) is 97.1 Å². The fourth-order valence-corrected chi connectivity index (χ4v) is 3.87. The van der Waals surface area contributed by atoms with Crippen molar-refractivity contribution in [3.63, 3.8) is 0 Å². The maximum absolute atomic E-state index is 12.7. The number of rotatable bonds is 3. The number of anilines is 1. The summed E-state index contributed by atoms with van der Waals surface area (Å²) >= 11 is 0. The highest BCUT2D eigenvalue weighted by Gasteiger charge is 2.18. The van der Waals surface area contributed by atoms with Crippen molar-refractivity contribution < 1.29 is 4.79 Å². The fourth-order valence-electron chi connectivity index (χ4n) is 3.87. The Kier molecular flexibility index (Phi) is 4.02. The minimum atomic E-state index is -0.0879. The molecule has 0 heterocycles. The van der Waals surface area contributed by atoms with Crippen molar-refractivity contribution in [1.29, 1.82) is 0 Å². The molecule has 1 amide bonds. The smallest absolute Gasteiger partial charge is 0.255 e. The van der Waals surface area contributed by atoms with E-state index < -0.39 is 0 Å². The van der Waals surface area contributed by atoms with E-state index >= 15 is 0 Å². The lowest BCUT2D eigenvalue weighted by Gasteiger charge is -2.09. The predicted octanol–water partition coefficient (Wildman–Crippen LogP) is 6.18. The number of carbonyl (C=O) groups is 1. The molecule has 4 aromatic rings. The van der Waals surface area contributed by atoms with Gasteiger partial charge in [-0.05, 0) is 64.1 Å². The minimum absolute atomic E-state index is 0.0879. The Morgan fingerprint density at radius 3 is 2.14 bits per heavy atom. The maximum atomic E-state index is 12.7. The van der Waals surface area contributed by atoms with Crippen LogP contribution >= 0.6 is 0 Å². The zero-order valence-electron chi connectivity index (χ0n) is 15.4. The van der Waals surface area contributed by atoms with Crippen LogP contribution in [0.4, 0.5) is 5.69 Å². The highest BCUT2D eigenvalue weighted by Crippen LogP contribution is 2.37. The van der Waals surface area contributed by atoms with Gasteiger partial charge in [0.2, 0.25) is 0 Å². The summed E-state index contributed by atoms with van der Waals surface area (Å²) in [6, 6.07) is 32.6. The Labute approximate surface area is 164 Å². The first-order chi connectivity index (χ1) is 13.8. The molecule has 5 rings (SSSR count). The summed E-state index contributed by atoms with van der Waals surface area (Å²) in [4.78, 5) is 12.7. The van der Waals surface area contributed by atoms with E-state index in [1.807, 2.05) is 48.5 Å². The molecule has 1 aliphatic rings. The van der Waals surface area contributed by atoms with Crippen molar-refractivity contribution in [2.24, 2.45) is 0 Å². The third-order valence-electron chi connectivity index (χ3n) is 5.31. The molecule has 2 nitrogen and oxygen atoms in total. The molecule has 0 saturated carbocycles. The first-order valence-corrected chi connectivity index (χ1v) is 9.46. The molecule has 1 N–H and O–H groups in total. The number of fused-ring (bicyclic) bond motifs is 3. The molecule has 0 saturated heterocycles. The van der Waals surface area contributed by atoms with Crippen molar-refractivity contribution in [2.45, 2.75) is 6.42 Å². The average Bonchev–Trinajstić information content (AvgIpc) is 3.12. The van der Waals surface area contributed by atoms with E-state index in [4.69, 9.17) is 0 Å². The van der Waals surface area contributed by atoms with Gasteiger partial charge in [0.15, 0.2) is 0 Å². The van der Waals surface area contributed by atoms with Crippen LogP contribution in [-0.4, -0.2) is 5.91 Å². The van der Waals surface area contributed by atoms with Crippen molar-refractivity contribution in [2.75, 3.05) is 5.32 Å². The van der Waals surface area contributed by atoms with Gasteiger partial charge in [0, 0.05) is 11.3 Å². The second kappa shape index (κ2) is 6.82. The standard InChI is InChI=1S/C26H19NO/c28-26(20-12-10-19(11-13-20)18-6-2-1-3-7-18)27-23-14-15-25-22(17-23)16-21-8-4-5-9-24(21)25/h1-15,17H,16H2,(H,27,28). The molecular formula is C26H19NO. The van der Waals surface area contributed by atoms with Gasteiger partial charge in [-0.1, -0.05) is 72.8 Å². The fraction of sp³-hybridized carbons (Fsp3) is 0.0385. The molecule has 0 atom stereocenters. The summed E-state index contributed by atoms with van der Waals surface area (Å²) in [5.41, 5.74) is 8.91. The van der Waals surface area contributed by atoms with Gasteiger partial charge in [0.25, 0.3) is 5.91 Å². The molecule has 28 heavy (non-hydrogen) atoms. The van der Waals surface area contributed by atoms with Crippen molar-refractivity contribution in [3.8, 4) is 22.3 Å². The van der Waals surface area contributed by atoms with Gasteiger partial charge in [-0.2, -0.15) is 0 Å². The summed E-state index contributed by atoms with van der Waals surface area (Å²) in [5, 5.41) is 3.03. The van der Waals surface area contributed by atoms with Gasteiger partial charge in [0.05, 0.1) is 0 Å². The monoisotopic (exact) mass is 361 g/mol. The normalized spacial score (nSPS) is 11.6. The van der Waals surface area contributed by atoms with Crippen molar-refractivity contribution in [1.82, 2.24) is 0 Å². The van der Waals surface area contributed by atoms with Crippen LogP contribution in [0.3, 0.4) is 0 Å². The van der Waals surface area contributed by atoms with E-state index in [1.54, 1.807) is 0 Å². The first kappa shape index (κ1) is 16.5. The van der Waals surface area contributed by atoms with Gasteiger partial charge in [-0.25, -0.2) is 0 Å². The van der Waals surface area contributed by atoms with Crippen LogP contribution in [0.2, 0.25) is 0 Å². The number of benzene rings is 4. The summed E-state index contributed by atoms with van der Waals surface area (Å²) in [6.45, 7) is 0. The van der Waals surface area contributed by atoms with E-state index in [2.05, 4.69) is 53.8 Å². The number of hydrogen-bond acceptors (Lipinski definition) is 1. The lowest BCUT2D eigenvalue weighted by Crippen LogP contribution is -2.11. The molecular weight excluding hydrogens is 342 g/mol. The van der Waals surface area contributed by atoms with E-state index in [-0.39, 0.29) is 5.91 Å². The molecule has 0 unspecified atom stereocenters. The van der Waals surface area contributed by atoms with Gasteiger partial charge in [0.1, 0.15) is 0 Å². The molecule has 4 aromatic carbocycles. The van der Waals surface area contributed by atoms with Crippen LogP contribution in [-0.2, 0) is 6.42 Å². The number of nitrogens with one attached hydrogen (secondary N) is 1. The van der Waals surface area contributed by atoms with Gasteiger partial charge < -0.3 is 5.32 Å². The van der Waals surface area contributed by atoms with Crippen LogP contribution in [0.1, 0.15) is 21.5 Å². The lowest BCUT2D eigenvalue weighted by molar-refractivity contribution is 0.102. The first-order valence-electron chi connectivity index (χ1n) is 9.46. The SMILES string of the molecule is O=C(Nc1ccc2c(c1)Cc1ccccc1-2)c1ccc(-c2ccccc2)cc1. The van der Waals surface area contributed by atoms with Crippen LogP contribution < -0.4 is 5.32 Å². The molecule has 0 aromatic heterocycles. The zero-order valence-corrected chi connectivity index (χ0v) is 15.4. The zero-order chi connectivity index (χ0) is 18.9. The topological polar surface area (TPSA) is 29.1 Å². The minimum Gasteiger partial charge on any atom is -0.322 e. The molecule has 134 valence electrons. The Bertz CT molecular complexity index is 1160. The van der Waals surface area contributed by atoms with E-state index in [0.29, 0.717) is 5.56 Å². The third kappa shape index (κ3) is 2.99. The Hall–Kier alpha value is -3.65. The second-order valence-corrected chi connectivity index (χ2v) is 7.10. The summed E-state index contributed by atoms with van der Waals surface area (Å²) in [6.07, 6.45) is 0.918. The van der Waals surface area contributed by atoms with E-state index in [0.717, 1.165) is 23.2 Å². The quantitative estimate of drug-likeness (QED) is 0.409. The summed E-state index contributed by atoms with van der Waals surface area (Å²) in [5.74, 6) is -0.0879. The van der Waals surface area contributed by atoms with E-state index in [9.17, 15) is 4.79 Å². The summed E-state index contributed by atoms with van der Waals surface area (Å²) in [7, 11) is 0. The molecule has 0 fully saturated rings. The molecule has 2 heteroatoms. The molecule has 0 radical (unpaired) electrons. The van der Waals surface area contributed by atoms with Crippen molar-refractivity contribution in [3.05, 3.63) is 114 Å². The molecule has 0 aliphatic heterocycles. The molecule has 0 bridgehead atoms. The predicted molar refractivity (Wildman–Crippen MR) is 115 cm³/mol. The van der Waals surface area contributed by atoms with E-state index in [1.165, 1.54) is 22.3 Å². The Morgan fingerprint density at radius 2 is 1.32 bits per heavy atom. The highest BCUT2D eigenvalue weighted by atomic mass is 16.1. The lowest BCUT2D eigenvalue weighted by atomic mass is 10.0. The van der Waals surface area contributed by atoms with Gasteiger partial charge in [-0.3, -0.25) is 4.79 Å². The highest BCUT2D eigenvalue weighted by molar-refractivity contribution is 6.04. The van der Waals surface area contributed by atoms with Gasteiger partial charge in [-0.15, -0.1) is 0 Å². The Balaban J connectivity index is 1.34. The largest absolute Gasteiger partial charge is 0.322 e. The third-order valence-corrected chi connectivity index (χ3v) is 5.31. The van der Waals surface area contributed by atoms with Gasteiger partial charge >= 0.3 is 0 Å². The molecule has 1 aliphatic carbocycles.